The van der Waals surface area contributed by atoms with Crippen molar-refractivity contribution in [1.82, 2.24) is 0 Å². The lowest BCUT2D eigenvalue weighted by Gasteiger charge is -2.13. The maximum Gasteiger partial charge on any atom is 0.127 e. The van der Waals surface area contributed by atoms with Gasteiger partial charge in [0.2, 0.25) is 0 Å². The quantitative estimate of drug-likeness (QED) is 0.497. The van der Waals surface area contributed by atoms with Gasteiger partial charge < -0.3 is 9.47 Å². The number of para-hydroxylation sites is 2. The van der Waals surface area contributed by atoms with Gasteiger partial charge in [-0.3, -0.25) is 0 Å². The van der Waals surface area contributed by atoms with Crippen LogP contribution in [0.15, 0.2) is 48.5 Å². The van der Waals surface area contributed by atoms with Crippen molar-refractivity contribution in [1.29, 1.82) is 0 Å². The van der Waals surface area contributed by atoms with Crippen LogP contribution >= 0.6 is 39.4 Å². The second-order valence-electron chi connectivity index (χ2n) is 4.36. The summed E-state index contributed by atoms with van der Waals surface area (Å²) < 4.78 is 11.1. The molecule has 2 aromatic carbocycles. The summed E-state index contributed by atoms with van der Waals surface area (Å²) in [7, 11) is 10.5. The lowest BCUT2D eigenvalue weighted by atomic mass is 10.1. The van der Waals surface area contributed by atoms with Crippen molar-refractivity contribution < 1.29 is 9.47 Å². The molecule has 0 unspecified atom stereocenters. The van der Waals surface area contributed by atoms with Crippen LogP contribution in [-0.2, 0) is 0 Å². The van der Waals surface area contributed by atoms with Crippen molar-refractivity contribution in [2.45, 2.75) is 0 Å². The first-order valence-electron chi connectivity index (χ1n) is 6.54. The highest BCUT2D eigenvalue weighted by atomic mass is 33.4. The Morgan fingerprint density at radius 3 is 1.45 bits per heavy atom. The van der Waals surface area contributed by atoms with E-state index in [0.717, 1.165) is 22.6 Å². The zero-order chi connectivity index (χ0) is 15.4. The fourth-order valence-corrected chi connectivity index (χ4v) is 8.65. The maximum atomic E-state index is 5.54. The van der Waals surface area contributed by atoms with Gasteiger partial charge in [0.1, 0.15) is 11.5 Å². The van der Waals surface area contributed by atoms with E-state index in [-0.39, 0.29) is 0 Å². The molecule has 22 heavy (non-hydrogen) atoms. The maximum absolute atomic E-state index is 5.54. The first kappa shape index (κ1) is 15.6. The highest BCUT2D eigenvalue weighted by Crippen LogP contribution is 2.47. The molecule has 0 aliphatic rings. The van der Waals surface area contributed by atoms with Gasteiger partial charge in [0.15, 0.2) is 0 Å². The van der Waals surface area contributed by atoms with Crippen LogP contribution in [0.2, 0.25) is 0 Å². The lowest BCUT2D eigenvalue weighted by Crippen LogP contribution is -1.90. The molecule has 2 nitrogen and oxygen atoms in total. The topological polar surface area (TPSA) is 18.5 Å². The average Bonchev–Trinajstić information content (AvgIpc) is 2.61. The Labute approximate surface area is 143 Å². The molecule has 114 valence electrons. The van der Waals surface area contributed by atoms with Crippen LogP contribution in [0.3, 0.4) is 0 Å². The molecular weight excluding hydrogens is 352 g/mol. The van der Waals surface area contributed by atoms with Crippen LogP contribution in [0.1, 0.15) is 0 Å². The first-order chi connectivity index (χ1) is 10.8. The van der Waals surface area contributed by atoms with Crippen LogP contribution in [0.4, 0.5) is 0 Å². The van der Waals surface area contributed by atoms with E-state index < -0.39 is 0 Å². The van der Waals surface area contributed by atoms with Gasteiger partial charge in [-0.1, -0.05) is 44.9 Å². The Bertz CT molecular complexity index is 726. The molecule has 0 fully saturated rings. The highest BCUT2D eigenvalue weighted by Gasteiger charge is 2.16. The number of hydrogen-bond acceptors (Lipinski definition) is 6. The molecule has 1 heterocycles. The minimum atomic E-state index is 0.894. The van der Waals surface area contributed by atoms with E-state index >= 15 is 0 Å². The van der Waals surface area contributed by atoms with E-state index in [1.165, 1.54) is 9.75 Å². The second kappa shape index (κ2) is 7.28. The van der Waals surface area contributed by atoms with Gasteiger partial charge in [-0.25, -0.2) is 0 Å². The first-order valence-corrected chi connectivity index (χ1v) is 11.4. The standard InChI is InChI=1S/C16H14O2S4/c1-17-13-9-5-3-7-11(13)15-16(20-22-21-19-15)12-8-4-6-10-14(12)18-2/h3-10H,1-2H3. The Morgan fingerprint density at radius 1 is 0.636 bits per heavy atom. The van der Waals surface area contributed by atoms with Crippen molar-refractivity contribution >= 4 is 39.4 Å². The van der Waals surface area contributed by atoms with Gasteiger partial charge >= 0.3 is 0 Å². The third kappa shape index (κ3) is 3.05. The van der Waals surface area contributed by atoms with Gasteiger partial charge in [0.25, 0.3) is 0 Å². The van der Waals surface area contributed by atoms with E-state index in [4.69, 9.17) is 9.47 Å². The summed E-state index contributed by atoms with van der Waals surface area (Å²) in [6.45, 7) is 0. The third-order valence-electron chi connectivity index (χ3n) is 3.17. The van der Waals surface area contributed by atoms with Crippen molar-refractivity contribution in [3.63, 3.8) is 0 Å². The minimum absolute atomic E-state index is 0.894. The SMILES string of the molecule is COc1ccccc1-c1ssssc1-c1ccccc1OC. The Balaban J connectivity index is 2.23. The number of ether oxygens (including phenoxy) is 2. The van der Waals surface area contributed by atoms with Crippen molar-refractivity contribution in [3.05, 3.63) is 48.5 Å². The van der Waals surface area contributed by atoms with E-state index in [1.807, 2.05) is 36.4 Å². The Morgan fingerprint density at radius 2 is 1.05 bits per heavy atom. The van der Waals surface area contributed by atoms with Gasteiger partial charge in [-0.2, -0.15) is 0 Å². The van der Waals surface area contributed by atoms with Gasteiger partial charge in [0.05, 0.1) is 24.0 Å². The minimum Gasteiger partial charge on any atom is -0.496 e. The summed E-state index contributed by atoms with van der Waals surface area (Å²) >= 11 is 0. The molecule has 1 aromatic heterocycles. The van der Waals surface area contributed by atoms with Crippen molar-refractivity contribution in [3.8, 4) is 32.4 Å². The van der Waals surface area contributed by atoms with Crippen LogP contribution in [0, 0.1) is 0 Å². The molecule has 0 bridgehead atoms. The van der Waals surface area contributed by atoms with Crippen LogP contribution < -0.4 is 9.47 Å². The molecule has 0 radical (unpaired) electrons. The van der Waals surface area contributed by atoms with E-state index in [9.17, 15) is 0 Å². The fourth-order valence-electron chi connectivity index (χ4n) is 2.17. The van der Waals surface area contributed by atoms with Crippen molar-refractivity contribution in [2.24, 2.45) is 0 Å². The van der Waals surface area contributed by atoms with E-state index in [1.54, 1.807) is 53.6 Å². The highest BCUT2D eigenvalue weighted by molar-refractivity contribution is 8.08. The molecule has 0 saturated heterocycles. The molecule has 0 aliphatic carbocycles. The Kier molecular flexibility index (Phi) is 5.15. The normalized spacial score (nSPS) is 10.3. The number of hydrogen-bond donors (Lipinski definition) is 0. The lowest BCUT2D eigenvalue weighted by molar-refractivity contribution is 0.416. The Hall–Kier alpha value is -1.34. The molecule has 0 saturated carbocycles. The molecule has 0 spiro atoms. The number of methoxy groups -OCH3 is 2. The van der Waals surface area contributed by atoms with Crippen LogP contribution in [-0.4, -0.2) is 14.2 Å². The van der Waals surface area contributed by atoms with Crippen LogP contribution in [0.5, 0.6) is 11.5 Å². The van der Waals surface area contributed by atoms with Gasteiger partial charge in [-0.15, -0.1) is 0 Å². The number of rotatable bonds is 4. The smallest absolute Gasteiger partial charge is 0.127 e. The summed E-state index contributed by atoms with van der Waals surface area (Å²) in [6.07, 6.45) is 0. The third-order valence-corrected chi connectivity index (χ3v) is 9.47. The molecule has 3 aromatic rings. The summed E-state index contributed by atoms with van der Waals surface area (Å²) in [5.41, 5.74) is 2.24. The average molecular weight is 367 g/mol. The summed E-state index contributed by atoms with van der Waals surface area (Å²) in [6, 6.07) is 16.3. The zero-order valence-corrected chi connectivity index (χ0v) is 15.3. The molecule has 0 N–H and O–H groups in total. The van der Waals surface area contributed by atoms with E-state index in [2.05, 4.69) is 12.1 Å². The predicted molar refractivity (Wildman–Crippen MR) is 99.6 cm³/mol. The largest absolute Gasteiger partial charge is 0.496 e. The summed E-state index contributed by atoms with van der Waals surface area (Å²) in [4.78, 5) is 2.44. The zero-order valence-electron chi connectivity index (χ0n) is 12.1. The summed E-state index contributed by atoms with van der Waals surface area (Å²) in [5, 5.41) is 0. The number of benzene rings is 2. The second-order valence-corrected chi connectivity index (χ2v) is 10.0. The fraction of sp³-hybridized carbons (Fsp3) is 0.125. The van der Waals surface area contributed by atoms with Crippen LogP contribution in [0.25, 0.3) is 20.9 Å². The molecule has 3 rings (SSSR count). The molecule has 0 amide bonds. The van der Waals surface area contributed by atoms with Gasteiger partial charge in [-0.05, 0) is 43.0 Å². The van der Waals surface area contributed by atoms with E-state index in [0.29, 0.717) is 0 Å². The molecule has 0 atom stereocenters. The summed E-state index contributed by atoms with van der Waals surface area (Å²) in [5.74, 6) is 1.79. The van der Waals surface area contributed by atoms with Gasteiger partial charge in [0, 0.05) is 11.1 Å². The monoisotopic (exact) mass is 366 g/mol. The predicted octanol–water partition coefficient (Wildman–Crippen LogP) is 6.41. The molecule has 0 aliphatic heterocycles. The molecular formula is C16H14O2S4. The molecule has 6 heteroatoms. The van der Waals surface area contributed by atoms with Crippen molar-refractivity contribution in [2.75, 3.05) is 14.2 Å².